The molecule has 0 radical (unpaired) electrons. The lowest BCUT2D eigenvalue weighted by Gasteiger charge is -2.48. The van der Waals surface area contributed by atoms with Crippen molar-refractivity contribution < 1.29 is 89.4 Å². The van der Waals surface area contributed by atoms with E-state index in [9.17, 15) is 61.0 Å². The Morgan fingerprint density at radius 1 is 0.321 bits per heavy atom. The minimum absolute atomic E-state index is 0.234. The van der Waals surface area contributed by atoms with E-state index in [4.69, 9.17) is 28.4 Å². The van der Waals surface area contributed by atoms with E-state index in [2.05, 4.69) is 67.8 Å². The van der Waals surface area contributed by atoms with Crippen molar-refractivity contribution >= 4 is 5.91 Å². The Balaban J connectivity index is 1.33. The number of aliphatic hydroxyl groups is 11. The zero-order chi connectivity index (χ0) is 81.0. The second-order valence-corrected chi connectivity index (χ2v) is 33.1. The summed E-state index contributed by atoms with van der Waals surface area (Å²) in [5.74, 6) is -0.283. The van der Waals surface area contributed by atoms with Gasteiger partial charge in [0.1, 0.15) is 73.2 Å². The van der Waals surface area contributed by atoms with E-state index in [1.807, 2.05) is 6.08 Å². The van der Waals surface area contributed by atoms with Gasteiger partial charge < -0.3 is 89.9 Å². The van der Waals surface area contributed by atoms with Gasteiger partial charge in [-0.2, -0.15) is 0 Å². The number of carbonyl (C=O) groups excluding carboxylic acids is 1. The number of nitrogens with one attached hydrogen (secondary N) is 1. The highest BCUT2D eigenvalue weighted by Crippen LogP contribution is 2.34. The molecule has 0 aromatic rings. The van der Waals surface area contributed by atoms with Gasteiger partial charge in [-0.25, -0.2) is 0 Å². The van der Waals surface area contributed by atoms with Crippen LogP contribution in [0.15, 0.2) is 60.8 Å². The van der Waals surface area contributed by atoms with Crippen LogP contribution in [0.3, 0.4) is 0 Å². The fraction of sp³-hybridized carbons (Fsp3) is 0.882. The van der Waals surface area contributed by atoms with Crippen LogP contribution in [-0.4, -0.2) is 193 Å². The molecular formula is C93H171NO18. The third kappa shape index (κ3) is 50.4. The summed E-state index contributed by atoms with van der Waals surface area (Å²) in [5, 5.41) is 121. The molecule has 0 aromatic carbocycles. The van der Waals surface area contributed by atoms with Crippen molar-refractivity contribution in [1.82, 2.24) is 5.32 Å². The summed E-state index contributed by atoms with van der Waals surface area (Å²) in [4.78, 5) is 13.5. The van der Waals surface area contributed by atoms with Crippen molar-refractivity contribution in [2.24, 2.45) is 0 Å². The smallest absolute Gasteiger partial charge is 0.220 e. The molecule has 3 rings (SSSR count). The number of rotatable bonds is 76. The predicted molar refractivity (Wildman–Crippen MR) is 452 cm³/mol. The Kier molecular flexibility index (Phi) is 67.1. The minimum atomic E-state index is -1.98. The molecule has 3 saturated heterocycles. The molecule has 0 aliphatic carbocycles. The second-order valence-electron chi connectivity index (χ2n) is 33.1. The van der Waals surface area contributed by atoms with Crippen LogP contribution in [0.1, 0.15) is 393 Å². The molecule has 17 atom stereocenters. The van der Waals surface area contributed by atoms with Crippen molar-refractivity contribution in [3.8, 4) is 0 Å². The Hall–Kier alpha value is -2.51. The van der Waals surface area contributed by atoms with Crippen LogP contribution in [-0.2, 0) is 33.2 Å². The van der Waals surface area contributed by atoms with Crippen molar-refractivity contribution in [3.05, 3.63) is 60.8 Å². The van der Waals surface area contributed by atoms with Crippen molar-refractivity contribution in [2.75, 3.05) is 26.4 Å². The maximum absolute atomic E-state index is 13.5. The van der Waals surface area contributed by atoms with Gasteiger partial charge in [-0.15, -0.1) is 0 Å². The molecule has 12 N–H and O–H groups in total. The van der Waals surface area contributed by atoms with Crippen LogP contribution in [0.5, 0.6) is 0 Å². The summed E-state index contributed by atoms with van der Waals surface area (Å²) in [5.41, 5.74) is 0. The van der Waals surface area contributed by atoms with Crippen molar-refractivity contribution in [1.29, 1.82) is 0 Å². The van der Waals surface area contributed by atoms with E-state index in [0.29, 0.717) is 12.8 Å². The fourth-order valence-electron chi connectivity index (χ4n) is 15.6. The number of carbonyl (C=O) groups is 1. The zero-order valence-corrected chi connectivity index (χ0v) is 70.9. The lowest BCUT2D eigenvalue weighted by atomic mass is 9.96. The molecule has 0 spiro atoms. The molecule has 0 aromatic heterocycles. The van der Waals surface area contributed by atoms with Crippen LogP contribution in [0.25, 0.3) is 0 Å². The summed E-state index contributed by atoms with van der Waals surface area (Å²) in [6.45, 7) is 1.76. The number of amides is 1. The molecule has 3 aliphatic rings. The summed E-state index contributed by atoms with van der Waals surface area (Å²) in [6, 6.07) is -0.999. The van der Waals surface area contributed by atoms with E-state index < -0.39 is 124 Å². The van der Waals surface area contributed by atoms with E-state index in [1.54, 1.807) is 6.08 Å². The molecule has 3 fully saturated rings. The molecule has 0 bridgehead atoms. The van der Waals surface area contributed by atoms with Crippen LogP contribution in [0, 0.1) is 0 Å². The Morgan fingerprint density at radius 2 is 0.598 bits per heavy atom. The first-order valence-corrected chi connectivity index (χ1v) is 46.5. The molecule has 3 aliphatic heterocycles. The third-order valence-corrected chi connectivity index (χ3v) is 23.0. The van der Waals surface area contributed by atoms with Gasteiger partial charge in [-0.05, 0) is 77.0 Å². The van der Waals surface area contributed by atoms with Gasteiger partial charge in [0.15, 0.2) is 18.9 Å². The number of hydrogen-bond acceptors (Lipinski definition) is 18. The quantitative estimate of drug-likeness (QED) is 0.0199. The summed E-state index contributed by atoms with van der Waals surface area (Å²) >= 11 is 0. The third-order valence-electron chi connectivity index (χ3n) is 23.0. The van der Waals surface area contributed by atoms with Gasteiger partial charge >= 0.3 is 0 Å². The first-order chi connectivity index (χ1) is 54.8. The zero-order valence-electron chi connectivity index (χ0n) is 70.9. The number of ether oxygens (including phenoxy) is 6. The minimum Gasteiger partial charge on any atom is -0.394 e. The standard InChI is InChI=1S/C93H171NO18/c1-3-5-7-9-11-13-15-17-19-21-23-25-27-29-31-33-35-37-38-39-41-43-45-47-49-51-53-55-57-59-61-63-65-67-69-71-81(99)94-76(77(98)70-68-66-64-62-60-58-56-54-52-50-48-46-44-42-40-36-34-32-30-28-26-24-22-20-18-16-14-12-10-8-6-4-2)75-107-91-87(105)84(102)89(79(73-96)109-91)112-93-88(106)85(103)90(80(74-97)110-93)111-92-86(104)83(101)82(100)78(72-95)108-92/h15,17,21,23,52,54,60,62,68,70,76-80,82-93,95-98,100-106H,3-14,16,18-20,22,24-51,53,55-59,61,63-67,69,71-75H2,1-2H3,(H,94,99)/b17-15-,23-21-,54-52+,62-60+,70-68+. The second kappa shape index (κ2) is 72.5. The Morgan fingerprint density at radius 3 is 0.946 bits per heavy atom. The number of allylic oxidation sites excluding steroid dienone is 9. The summed E-state index contributed by atoms with van der Waals surface area (Å²) in [7, 11) is 0. The molecule has 1 amide bonds. The first kappa shape index (κ1) is 104. The molecular weight excluding hydrogens is 1420 g/mol. The van der Waals surface area contributed by atoms with E-state index in [0.717, 1.165) is 51.4 Å². The largest absolute Gasteiger partial charge is 0.394 e. The summed E-state index contributed by atoms with van der Waals surface area (Å²) < 4.78 is 34.5. The van der Waals surface area contributed by atoms with Gasteiger partial charge in [0, 0.05) is 6.42 Å². The van der Waals surface area contributed by atoms with Crippen molar-refractivity contribution in [3.63, 3.8) is 0 Å². The molecule has 19 nitrogen and oxygen atoms in total. The van der Waals surface area contributed by atoms with Gasteiger partial charge in [0.05, 0.1) is 38.6 Å². The van der Waals surface area contributed by atoms with E-state index in [1.165, 1.54) is 308 Å². The van der Waals surface area contributed by atoms with Gasteiger partial charge in [0.25, 0.3) is 0 Å². The Bertz CT molecular complexity index is 2250. The topological polar surface area (TPSA) is 307 Å². The highest BCUT2D eigenvalue weighted by atomic mass is 16.8. The molecule has 19 heteroatoms. The molecule has 112 heavy (non-hydrogen) atoms. The highest BCUT2D eigenvalue weighted by Gasteiger charge is 2.54. The predicted octanol–water partition coefficient (Wildman–Crippen LogP) is 18.1. The summed E-state index contributed by atoms with van der Waals surface area (Å²) in [6.07, 6.45) is 69.6. The van der Waals surface area contributed by atoms with Crippen LogP contribution in [0.2, 0.25) is 0 Å². The maximum atomic E-state index is 13.5. The number of aliphatic hydroxyl groups excluding tert-OH is 11. The first-order valence-electron chi connectivity index (χ1n) is 46.5. The Labute approximate surface area is 681 Å². The lowest BCUT2D eigenvalue weighted by molar-refractivity contribution is -0.379. The monoisotopic (exact) mass is 1590 g/mol. The maximum Gasteiger partial charge on any atom is 0.220 e. The SMILES string of the molecule is CCCCCCC/C=C\C/C=C\CCCCCCCCCCCCCCCCCCCCCCCCCC(=O)NC(COC1OC(CO)C(OC2OC(CO)C(OC3OC(CO)C(O)C(O)C3O)C(O)C2O)C(O)C1O)C(O)/C=C/CC/C=C/CC/C=C/CCCCCCCCCCCCCCCCCCCCCCCC. The molecule has 17 unspecified atom stereocenters. The van der Waals surface area contributed by atoms with Crippen LogP contribution >= 0.6 is 0 Å². The van der Waals surface area contributed by atoms with Crippen LogP contribution < -0.4 is 5.32 Å². The van der Waals surface area contributed by atoms with Gasteiger partial charge in [-0.3, -0.25) is 4.79 Å². The average Bonchev–Trinajstić information content (AvgIpc) is 0.782. The van der Waals surface area contributed by atoms with E-state index >= 15 is 0 Å². The number of hydrogen-bond donors (Lipinski definition) is 12. The van der Waals surface area contributed by atoms with E-state index in [-0.39, 0.29) is 18.9 Å². The fourth-order valence-corrected chi connectivity index (χ4v) is 15.6. The molecule has 3 heterocycles. The lowest BCUT2D eigenvalue weighted by Crippen LogP contribution is -2.66. The van der Waals surface area contributed by atoms with Crippen molar-refractivity contribution in [2.45, 2.75) is 497 Å². The molecule has 0 saturated carbocycles. The average molecular weight is 1590 g/mol. The van der Waals surface area contributed by atoms with Gasteiger partial charge in [-0.1, -0.05) is 370 Å². The normalized spacial score (nSPS) is 25.2. The number of unbranched alkanes of at least 4 members (excludes halogenated alkanes) is 52. The van der Waals surface area contributed by atoms with Gasteiger partial charge in [0.2, 0.25) is 5.91 Å². The molecule has 656 valence electrons. The highest BCUT2D eigenvalue weighted by molar-refractivity contribution is 5.76. The van der Waals surface area contributed by atoms with Crippen LogP contribution in [0.4, 0.5) is 0 Å².